The van der Waals surface area contributed by atoms with Crippen LogP contribution >= 0.6 is 0 Å². The molecule has 1 heterocycles. The Morgan fingerprint density at radius 1 is 1.43 bits per heavy atom. The van der Waals surface area contributed by atoms with E-state index in [1.54, 1.807) is 12.3 Å². The Bertz CT molecular complexity index is 274. The molecule has 0 spiro atoms. The van der Waals surface area contributed by atoms with Gasteiger partial charge >= 0.3 is 0 Å². The summed E-state index contributed by atoms with van der Waals surface area (Å²) in [6.45, 7) is 2.44. The van der Waals surface area contributed by atoms with Crippen molar-refractivity contribution < 1.29 is 14.3 Å². The number of carbonyl (C=O) groups is 1. The van der Waals surface area contributed by atoms with Crippen LogP contribution in [-0.2, 0) is 9.53 Å². The van der Waals surface area contributed by atoms with Crippen LogP contribution < -0.4 is 4.74 Å². The number of carbonyl (C=O) groups excluding carboxylic acids is 1. The predicted molar refractivity (Wildman–Crippen MR) is 51.2 cm³/mol. The standard InChI is InChI=1S/C10H13NO3/c1-9(12)8-13-6-7-14-10-4-2-3-5-11-10/h2-5H,6-8H2,1H3. The number of ketones is 1. The molecule has 0 amide bonds. The zero-order valence-electron chi connectivity index (χ0n) is 8.10. The van der Waals surface area contributed by atoms with Crippen LogP contribution in [0.2, 0.25) is 0 Å². The first-order valence-electron chi connectivity index (χ1n) is 4.40. The van der Waals surface area contributed by atoms with Crippen molar-refractivity contribution in [1.29, 1.82) is 0 Å². The molecule has 1 rings (SSSR count). The molecule has 0 unspecified atom stereocenters. The highest BCUT2D eigenvalue weighted by Gasteiger charge is 1.94. The Kier molecular flexibility index (Phi) is 4.64. The number of aromatic nitrogens is 1. The average Bonchev–Trinajstić information content (AvgIpc) is 2.18. The summed E-state index contributed by atoms with van der Waals surface area (Å²) >= 11 is 0. The van der Waals surface area contributed by atoms with Crippen molar-refractivity contribution in [2.45, 2.75) is 6.92 Å². The maximum atomic E-state index is 10.5. The number of pyridine rings is 1. The Balaban J connectivity index is 2.08. The quantitative estimate of drug-likeness (QED) is 0.637. The van der Waals surface area contributed by atoms with Crippen molar-refractivity contribution in [1.82, 2.24) is 4.98 Å². The first-order chi connectivity index (χ1) is 6.79. The molecule has 1 aromatic rings. The van der Waals surface area contributed by atoms with Gasteiger partial charge in [-0.1, -0.05) is 6.07 Å². The van der Waals surface area contributed by atoms with E-state index in [0.29, 0.717) is 19.1 Å². The van der Waals surface area contributed by atoms with Gasteiger partial charge in [-0.3, -0.25) is 4.79 Å². The summed E-state index contributed by atoms with van der Waals surface area (Å²) in [4.78, 5) is 14.5. The third kappa shape index (κ3) is 4.57. The van der Waals surface area contributed by atoms with E-state index < -0.39 is 0 Å². The number of ether oxygens (including phenoxy) is 2. The van der Waals surface area contributed by atoms with Gasteiger partial charge in [-0.15, -0.1) is 0 Å². The highest BCUT2D eigenvalue weighted by atomic mass is 16.5. The molecule has 0 atom stereocenters. The topological polar surface area (TPSA) is 48.4 Å². The highest BCUT2D eigenvalue weighted by molar-refractivity contribution is 5.76. The molecule has 1 aromatic heterocycles. The Hall–Kier alpha value is -1.42. The van der Waals surface area contributed by atoms with Crippen molar-refractivity contribution in [2.24, 2.45) is 0 Å². The number of rotatable bonds is 6. The predicted octanol–water partition coefficient (Wildman–Crippen LogP) is 1.07. The number of hydrogen-bond donors (Lipinski definition) is 0. The second kappa shape index (κ2) is 6.10. The average molecular weight is 195 g/mol. The lowest BCUT2D eigenvalue weighted by Gasteiger charge is -2.04. The van der Waals surface area contributed by atoms with Gasteiger partial charge in [-0.25, -0.2) is 4.98 Å². The van der Waals surface area contributed by atoms with Gasteiger partial charge in [0.15, 0.2) is 5.78 Å². The van der Waals surface area contributed by atoms with Crippen molar-refractivity contribution >= 4 is 5.78 Å². The van der Waals surface area contributed by atoms with E-state index in [9.17, 15) is 4.79 Å². The van der Waals surface area contributed by atoms with Crippen molar-refractivity contribution in [3.05, 3.63) is 24.4 Å². The minimum atomic E-state index is 0.0165. The molecule has 4 heteroatoms. The Labute approximate surface area is 82.9 Å². The van der Waals surface area contributed by atoms with Crippen LogP contribution in [0, 0.1) is 0 Å². The third-order valence-corrected chi connectivity index (χ3v) is 1.42. The maximum absolute atomic E-state index is 10.5. The first-order valence-corrected chi connectivity index (χ1v) is 4.40. The van der Waals surface area contributed by atoms with Crippen molar-refractivity contribution in [3.8, 4) is 5.88 Å². The molecule has 4 nitrogen and oxygen atoms in total. The molecule has 0 aliphatic carbocycles. The van der Waals surface area contributed by atoms with Gasteiger partial charge in [0.1, 0.15) is 13.2 Å². The fourth-order valence-corrected chi connectivity index (χ4v) is 0.854. The second-order valence-corrected chi connectivity index (χ2v) is 2.77. The maximum Gasteiger partial charge on any atom is 0.213 e. The Morgan fingerprint density at radius 3 is 2.93 bits per heavy atom. The fraction of sp³-hybridized carbons (Fsp3) is 0.400. The summed E-state index contributed by atoms with van der Waals surface area (Å²) in [5.74, 6) is 0.585. The van der Waals surface area contributed by atoms with Gasteiger partial charge in [0.2, 0.25) is 5.88 Å². The van der Waals surface area contributed by atoms with Gasteiger partial charge in [-0.2, -0.15) is 0 Å². The van der Waals surface area contributed by atoms with Crippen LogP contribution in [0.4, 0.5) is 0 Å². The molecule has 0 fully saturated rings. The highest BCUT2D eigenvalue weighted by Crippen LogP contribution is 2.02. The SMILES string of the molecule is CC(=O)COCCOc1ccccn1. The molecular formula is C10H13NO3. The first kappa shape index (κ1) is 10.7. The van der Waals surface area contributed by atoms with Gasteiger partial charge in [-0.05, 0) is 13.0 Å². The fourth-order valence-electron chi connectivity index (χ4n) is 0.854. The van der Waals surface area contributed by atoms with E-state index >= 15 is 0 Å². The van der Waals surface area contributed by atoms with E-state index in [-0.39, 0.29) is 12.4 Å². The van der Waals surface area contributed by atoms with Gasteiger partial charge < -0.3 is 9.47 Å². The van der Waals surface area contributed by atoms with Crippen LogP contribution in [0.15, 0.2) is 24.4 Å². The summed E-state index contributed by atoms with van der Waals surface area (Å²) in [5.41, 5.74) is 0. The molecule has 14 heavy (non-hydrogen) atoms. The summed E-state index contributed by atoms with van der Waals surface area (Å²) < 4.78 is 10.3. The van der Waals surface area contributed by atoms with Crippen LogP contribution in [0.5, 0.6) is 5.88 Å². The normalized spacial score (nSPS) is 9.79. The molecule has 0 N–H and O–H groups in total. The molecule has 76 valence electrons. The van der Waals surface area contributed by atoms with Crippen LogP contribution in [0.1, 0.15) is 6.92 Å². The van der Waals surface area contributed by atoms with E-state index in [1.165, 1.54) is 6.92 Å². The number of Topliss-reactive ketones (excluding diaryl/α,β-unsaturated/α-hetero) is 1. The summed E-state index contributed by atoms with van der Waals surface area (Å²) in [6, 6.07) is 5.43. The molecule has 0 aromatic carbocycles. The van der Waals surface area contributed by atoms with E-state index in [2.05, 4.69) is 4.98 Å². The largest absolute Gasteiger partial charge is 0.475 e. The minimum Gasteiger partial charge on any atom is -0.475 e. The third-order valence-electron chi connectivity index (χ3n) is 1.42. The molecule has 0 aliphatic heterocycles. The zero-order valence-corrected chi connectivity index (χ0v) is 8.10. The second-order valence-electron chi connectivity index (χ2n) is 2.77. The van der Waals surface area contributed by atoms with E-state index in [0.717, 1.165) is 0 Å². The molecule has 0 saturated heterocycles. The van der Waals surface area contributed by atoms with Crippen molar-refractivity contribution in [3.63, 3.8) is 0 Å². The van der Waals surface area contributed by atoms with E-state index in [1.807, 2.05) is 12.1 Å². The lowest BCUT2D eigenvalue weighted by atomic mass is 10.5. The van der Waals surface area contributed by atoms with Gasteiger partial charge in [0.05, 0.1) is 6.61 Å². The number of hydrogen-bond acceptors (Lipinski definition) is 4. The van der Waals surface area contributed by atoms with Crippen LogP contribution in [0.3, 0.4) is 0 Å². The molecular weight excluding hydrogens is 182 g/mol. The Morgan fingerprint density at radius 2 is 2.29 bits per heavy atom. The van der Waals surface area contributed by atoms with Crippen molar-refractivity contribution in [2.75, 3.05) is 19.8 Å². The summed E-state index contributed by atoms with van der Waals surface area (Å²) in [6.07, 6.45) is 1.66. The summed E-state index contributed by atoms with van der Waals surface area (Å²) in [5, 5.41) is 0. The van der Waals surface area contributed by atoms with Crippen LogP contribution in [-0.4, -0.2) is 30.6 Å². The smallest absolute Gasteiger partial charge is 0.213 e. The van der Waals surface area contributed by atoms with Gasteiger partial charge in [0.25, 0.3) is 0 Å². The van der Waals surface area contributed by atoms with Gasteiger partial charge in [0, 0.05) is 12.3 Å². The molecule has 0 radical (unpaired) electrons. The van der Waals surface area contributed by atoms with Crippen LogP contribution in [0.25, 0.3) is 0 Å². The lowest BCUT2D eigenvalue weighted by molar-refractivity contribution is -0.121. The molecule has 0 aliphatic rings. The number of nitrogens with zero attached hydrogens (tertiary/aromatic N) is 1. The van der Waals surface area contributed by atoms with E-state index in [4.69, 9.17) is 9.47 Å². The monoisotopic (exact) mass is 195 g/mol. The zero-order chi connectivity index (χ0) is 10.2. The summed E-state index contributed by atoms with van der Waals surface area (Å²) in [7, 11) is 0. The minimum absolute atomic E-state index is 0.0165. The molecule has 0 saturated carbocycles. The lowest BCUT2D eigenvalue weighted by Crippen LogP contribution is -2.11. The molecule has 0 bridgehead atoms.